The summed E-state index contributed by atoms with van der Waals surface area (Å²) in [5.41, 5.74) is 2.63. The minimum absolute atomic E-state index is 0.0508. The third-order valence-corrected chi connectivity index (χ3v) is 3.59. The van der Waals surface area contributed by atoms with Crippen molar-refractivity contribution in [2.45, 2.75) is 26.8 Å². The summed E-state index contributed by atoms with van der Waals surface area (Å²) in [5, 5.41) is 13.3. The van der Waals surface area contributed by atoms with E-state index in [0.29, 0.717) is 0 Å². The van der Waals surface area contributed by atoms with E-state index in [1.807, 2.05) is 18.5 Å². The summed E-state index contributed by atoms with van der Waals surface area (Å²) in [7, 11) is 0. The Morgan fingerprint density at radius 2 is 2.00 bits per heavy atom. The van der Waals surface area contributed by atoms with E-state index in [2.05, 4.69) is 10.00 Å². The van der Waals surface area contributed by atoms with Gasteiger partial charge in [0.15, 0.2) is 0 Å². The number of hydrogen-bond acceptors (Lipinski definition) is 4. The Bertz CT molecular complexity index is 450. The predicted molar refractivity (Wildman–Crippen MR) is 70.3 cm³/mol. The Balaban J connectivity index is 1.98. The lowest BCUT2D eigenvalue weighted by Crippen LogP contribution is -2.38. The van der Waals surface area contributed by atoms with Crippen molar-refractivity contribution in [3.05, 3.63) is 17.0 Å². The number of ether oxygens (including phenoxy) is 1. The maximum absolute atomic E-state index is 10.8. The van der Waals surface area contributed by atoms with Crippen LogP contribution in [0.5, 0.6) is 0 Å². The Kier molecular flexibility index (Phi) is 4.55. The highest BCUT2D eigenvalue weighted by Gasteiger charge is 2.15. The lowest BCUT2D eigenvalue weighted by Gasteiger charge is -2.26. The molecule has 1 fully saturated rings. The van der Waals surface area contributed by atoms with Gasteiger partial charge in [0.25, 0.3) is 0 Å². The van der Waals surface area contributed by atoms with Crippen molar-refractivity contribution in [2.24, 2.45) is 0 Å². The number of aromatic nitrogens is 2. The Morgan fingerprint density at radius 1 is 1.32 bits per heavy atom. The minimum atomic E-state index is -0.807. The average Bonchev–Trinajstić information content (AvgIpc) is 2.65. The zero-order chi connectivity index (χ0) is 13.8. The van der Waals surface area contributed by atoms with Gasteiger partial charge in [-0.25, -0.2) is 0 Å². The molecule has 1 aliphatic rings. The Hall–Kier alpha value is -1.40. The largest absolute Gasteiger partial charge is 0.481 e. The van der Waals surface area contributed by atoms with Gasteiger partial charge in [-0.1, -0.05) is 0 Å². The van der Waals surface area contributed by atoms with Crippen molar-refractivity contribution < 1.29 is 14.6 Å². The van der Waals surface area contributed by atoms with E-state index in [-0.39, 0.29) is 6.42 Å². The smallest absolute Gasteiger partial charge is 0.307 e. The molecule has 0 amide bonds. The molecule has 6 heteroatoms. The van der Waals surface area contributed by atoms with E-state index in [0.717, 1.165) is 56.3 Å². The second-order valence-corrected chi connectivity index (χ2v) is 4.90. The van der Waals surface area contributed by atoms with Gasteiger partial charge in [0, 0.05) is 30.9 Å². The summed E-state index contributed by atoms with van der Waals surface area (Å²) >= 11 is 0. The number of carboxylic acids is 1. The van der Waals surface area contributed by atoms with E-state index in [1.165, 1.54) is 0 Å². The van der Waals surface area contributed by atoms with Gasteiger partial charge >= 0.3 is 5.97 Å². The molecule has 0 bridgehead atoms. The maximum atomic E-state index is 10.8. The van der Waals surface area contributed by atoms with Crippen LogP contribution in [-0.4, -0.2) is 58.6 Å². The first kappa shape index (κ1) is 14.0. The summed E-state index contributed by atoms with van der Waals surface area (Å²) in [6.07, 6.45) is 0.0508. The van der Waals surface area contributed by atoms with E-state index < -0.39 is 5.97 Å². The fraction of sp³-hybridized carbons (Fsp3) is 0.692. The fourth-order valence-electron chi connectivity index (χ4n) is 2.42. The second-order valence-electron chi connectivity index (χ2n) is 4.90. The first-order valence-corrected chi connectivity index (χ1v) is 6.62. The predicted octanol–water partition coefficient (Wildman–Crippen LogP) is 0.459. The third-order valence-electron chi connectivity index (χ3n) is 3.59. The van der Waals surface area contributed by atoms with Gasteiger partial charge in [-0.2, -0.15) is 5.10 Å². The normalized spacial score (nSPS) is 16.7. The first-order chi connectivity index (χ1) is 9.08. The van der Waals surface area contributed by atoms with Gasteiger partial charge in [0.05, 0.1) is 31.9 Å². The van der Waals surface area contributed by atoms with Crippen LogP contribution in [0.15, 0.2) is 0 Å². The number of carbonyl (C=O) groups is 1. The van der Waals surface area contributed by atoms with Crippen LogP contribution >= 0.6 is 0 Å². The van der Waals surface area contributed by atoms with Gasteiger partial charge in [0.1, 0.15) is 0 Å². The number of morpholine rings is 1. The molecule has 1 aromatic rings. The van der Waals surface area contributed by atoms with Crippen molar-refractivity contribution in [2.75, 3.05) is 32.8 Å². The van der Waals surface area contributed by atoms with Gasteiger partial charge in [-0.3, -0.25) is 14.4 Å². The molecule has 0 spiro atoms. The van der Waals surface area contributed by atoms with Crippen molar-refractivity contribution in [3.63, 3.8) is 0 Å². The standard InChI is InChI=1S/C13H21N3O3/c1-10-12(9-13(17)18)11(2)16(14-10)4-3-15-5-7-19-8-6-15/h3-9H2,1-2H3,(H,17,18). The van der Waals surface area contributed by atoms with E-state index >= 15 is 0 Å². The van der Waals surface area contributed by atoms with Crippen LogP contribution in [-0.2, 0) is 22.5 Å². The average molecular weight is 267 g/mol. The monoisotopic (exact) mass is 267 g/mol. The van der Waals surface area contributed by atoms with Crippen LogP contribution in [0.4, 0.5) is 0 Å². The highest BCUT2D eigenvalue weighted by molar-refractivity contribution is 5.70. The SMILES string of the molecule is Cc1nn(CCN2CCOCC2)c(C)c1CC(=O)O. The van der Waals surface area contributed by atoms with E-state index in [9.17, 15) is 4.79 Å². The summed E-state index contributed by atoms with van der Waals surface area (Å²) in [4.78, 5) is 13.2. The summed E-state index contributed by atoms with van der Waals surface area (Å²) in [6, 6.07) is 0. The van der Waals surface area contributed by atoms with Crippen LogP contribution in [0.3, 0.4) is 0 Å². The molecule has 1 saturated heterocycles. The fourth-order valence-corrected chi connectivity index (χ4v) is 2.42. The summed E-state index contributed by atoms with van der Waals surface area (Å²) < 4.78 is 7.23. The van der Waals surface area contributed by atoms with Crippen LogP contribution in [0, 0.1) is 13.8 Å². The van der Waals surface area contributed by atoms with Crippen LogP contribution in [0.25, 0.3) is 0 Å². The topological polar surface area (TPSA) is 67.6 Å². The number of carboxylic acid groups (broad SMARTS) is 1. The molecule has 106 valence electrons. The molecule has 1 aromatic heterocycles. The second kappa shape index (κ2) is 6.16. The van der Waals surface area contributed by atoms with Crippen LogP contribution < -0.4 is 0 Å². The number of aliphatic carboxylic acids is 1. The van der Waals surface area contributed by atoms with Crippen molar-refractivity contribution in [1.82, 2.24) is 14.7 Å². The number of rotatable bonds is 5. The van der Waals surface area contributed by atoms with Crippen molar-refractivity contribution in [1.29, 1.82) is 0 Å². The zero-order valence-electron chi connectivity index (χ0n) is 11.6. The molecule has 1 aliphatic heterocycles. The lowest BCUT2D eigenvalue weighted by atomic mass is 10.1. The van der Waals surface area contributed by atoms with Crippen molar-refractivity contribution in [3.8, 4) is 0 Å². The van der Waals surface area contributed by atoms with Gasteiger partial charge in [0.2, 0.25) is 0 Å². The summed E-state index contributed by atoms with van der Waals surface area (Å²) in [6.45, 7) is 9.05. The number of nitrogens with zero attached hydrogens (tertiary/aromatic N) is 3. The molecule has 0 saturated carbocycles. The third kappa shape index (κ3) is 3.54. The van der Waals surface area contributed by atoms with E-state index in [1.54, 1.807) is 0 Å². The molecule has 1 N–H and O–H groups in total. The lowest BCUT2D eigenvalue weighted by molar-refractivity contribution is -0.136. The van der Waals surface area contributed by atoms with Gasteiger partial charge < -0.3 is 9.84 Å². The minimum Gasteiger partial charge on any atom is -0.481 e. The first-order valence-electron chi connectivity index (χ1n) is 6.62. The number of hydrogen-bond donors (Lipinski definition) is 1. The molecule has 0 atom stereocenters. The summed E-state index contributed by atoms with van der Waals surface area (Å²) in [5.74, 6) is -0.807. The number of aryl methyl sites for hydroxylation is 1. The van der Waals surface area contributed by atoms with Crippen molar-refractivity contribution >= 4 is 5.97 Å². The molecule has 2 rings (SSSR count). The maximum Gasteiger partial charge on any atom is 0.307 e. The molecule has 0 unspecified atom stereocenters. The van der Waals surface area contributed by atoms with E-state index in [4.69, 9.17) is 9.84 Å². The molecule has 2 heterocycles. The Labute approximate surface area is 113 Å². The highest BCUT2D eigenvalue weighted by Crippen LogP contribution is 2.14. The van der Waals surface area contributed by atoms with Gasteiger partial charge in [-0.05, 0) is 13.8 Å². The molecular weight excluding hydrogens is 246 g/mol. The Morgan fingerprint density at radius 3 is 2.63 bits per heavy atom. The molecule has 0 aromatic carbocycles. The van der Waals surface area contributed by atoms with Gasteiger partial charge in [-0.15, -0.1) is 0 Å². The van der Waals surface area contributed by atoms with Crippen LogP contribution in [0.2, 0.25) is 0 Å². The quantitative estimate of drug-likeness (QED) is 0.839. The molecule has 6 nitrogen and oxygen atoms in total. The molecule has 19 heavy (non-hydrogen) atoms. The highest BCUT2D eigenvalue weighted by atomic mass is 16.5. The molecule has 0 radical (unpaired) electrons. The van der Waals surface area contributed by atoms with Crippen LogP contribution in [0.1, 0.15) is 17.0 Å². The zero-order valence-corrected chi connectivity index (χ0v) is 11.6. The molecular formula is C13H21N3O3. The molecule has 0 aliphatic carbocycles.